The molecule has 1 N–H and O–H groups in total. The van der Waals surface area contributed by atoms with Crippen LogP contribution in [0.2, 0.25) is 0 Å². The minimum absolute atomic E-state index is 0.0283. The van der Waals surface area contributed by atoms with Crippen molar-refractivity contribution in [3.05, 3.63) is 112 Å². The van der Waals surface area contributed by atoms with Crippen LogP contribution in [-0.4, -0.2) is 31.9 Å². The lowest BCUT2D eigenvalue weighted by molar-refractivity contribution is -0.394. The van der Waals surface area contributed by atoms with E-state index in [-0.39, 0.29) is 11.4 Å². The largest absolute Gasteiger partial charge is 0.423 e. The Kier molecular flexibility index (Phi) is 7.19. The zero-order chi connectivity index (χ0) is 26.4. The first-order valence-corrected chi connectivity index (χ1v) is 9.53. The Bertz CT molecular complexity index is 1410. The molecule has 36 heavy (non-hydrogen) atoms. The molecule has 0 aliphatic rings. The molecule has 0 saturated heterocycles. The summed E-state index contributed by atoms with van der Waals surface area (Å²) >= 11 is 0. The molecule has 16 heteroatoms. The van der Waals surface area contributed by atoms with Crippen molar-refractivity contribution >= 4 is 40.6 Å². The zero-order valence-corrected chi connectivity index (χ0v) is 17.7. The molecule has 182 valence electrons. The Hall–Kier alpha value is -5.80. The molecule has 3 aromatic carbocycles. The van der Waals surface area contributed by atoms with Crippen LogP contribution in [0, 0.1) is 40.5 Å². The van der Waals surface area contributed by atoms with Crippen LogP contribution in [0.25, 0.3) is 0 Å². The van der Waals surface area contributed by atoms with Gasteiger partial charge in [-0.2, -0.15) is 5.10 Å². The van der Waals surface area contributed by atoms with E-state index in [1.54, 1.807) is 0 Å². The number of nitro groups is 4. The fourth-order valence-electron chi connectivity index (χ4n) is 2.80. The third-order valence-electron chi connectivity index (χ3n) is 4.42. The molecular weight excluding hydrogens is 484 g/mol. The number of non-ortho nitro benzene ring substituents is 3. The van der Waals surface area contributed by atoms with Crippen molar-refractivity contribution in [2.75, 3.05) is 5.43 Å². The van der Waals surface area contributed by atoms with Crippen molar-refractivity contribution in [3.63, 3.8) is 0 Å². The molecule has 0 aliphatic heterocycles. The van der Waals surface area contributed by atoms with Crippen molar-refractivity contribution in [1.29, 1.82) is 0 Å². The number of ether oxygens (including phenoxy) is 1. The van der Waals surface area contributed by atoms with Crippen LogP contribution in [0.15, 0.2) is 65.8 Å². The van der Waals surface area contributed by atoms with Crippen molar-refractivity contribution in [3.8, 4) is 5.75 Å². The minimum atomic E-state index is -1.09. The Balaban J connectivity index is 1.77. The van der Waals surface area contributed by atoms with Gasteiger partial charge in [-0.3, -0.25) is 45.9 Å². The molecule has 0 aliphatic carbocycles. The number of esters is 1. The third-order valence-corrected chi connectivity index (χ3v) is 4.42. The van der Waals surface area contributed by atoms with Gasteiger partial charge >= 0.3 is 11.7 Å². The fraction of sp³-hybridized carbons (Fsp3) is 0. The van der Waals surface area contributed by atoms with Gasteiger partial charge in [0, 0.05) is 18.2 Å². The minimum Gasteiger partial charge on any atom is -0.423 e. The topological polar surface area (TPSA) is 223 Å². The number of nitro benzene ring substituents is 4. The van der Waals surface area contributed by atoms with E-state index < -0.39 is 54.0 Å². The van der Waals surface area contributed by atoms with E-state index in [1.807, 2.05) is 0 Å². The van der Waals surface area contributed by atoms with E-state index >= 15 is 0 Å². The lowest BCUT2D eigenvalue weighted by atomic mass is 10.1. The smallest absolute Gasteiger partial charge is 0.344 e. The van der Waals surface area contributed by atoms with E-state index in [2.05, 4.69) is 10.5 Å². The maximum absolute atomic E-state index is 12.4. The first kappa shape index (κ1) is 24.8. The zero-order valence-electron chi connectivity index (χ0n) is 17.7. The molecule has 0 atom stereocenters. The average Bonchev–Trinajstić information content (AvgIpc) is 2.83. The SMILES string of the molecule is O=C(Oc1cccc(/C=N/Nc2ccc([N+](=O)[O-])cc2[N+](=O)[O-])c1)c1cc([N+](=O)[O-])cc([N+](=O)[O-])c1. The third kappa shape index (κ3) is 5.95. The highest BCUT2D eigenvalue weighted by molar-refractivity contribution is 5.93. The second kappa shape index (κ2) is 10.4. The molecule has 0 fully saturated rings. The quantitative estimate of drug-likeness (QED) is 0.146. The number of nitrogens with one attached hydrogen (secondary N) is 1. The molecule has 0 unspecified atom stereocenters. The first-order valence-electron chi connectivity index (χ1n) is 9.53. The predicted molar refractivity (Wildman–Crippen MR) is 122 cm³/mol. The van der Waals surface area contributed by atoms with Gasteiger partial charge in [0.1, 0.15) is 11.4 Å². The number of hydrogen-bond acceptors (Lipinski definition) is 12. The number of rotatable bonds is 9. The molecule has 0 saturated carbocycles. The number of hydrogen-bond donors (Lipinski definition) is 1. The lowest BCUT2D eigenvalue weighted by Gasteiger charge is -2.06. The summed E-state index contributed by atoms with van der Waals surface area (Å²) in [4.78, 5) is 53.1. The highest BCUT2D eigenvalue weighted by atomic mass is 16.6. The van der Waals surface area contributed by atoms with Gasteiger partial charge in [-0.05, 0) is 23.8 Å². The van der Waals surface area contributed by atoms with E-state index in [0.717, 1.165) is 30.3 Å². The summed E-state index contributed by atoms with van der Waals surface area (Å²) in [5.74, 6) is -1.12. The summed E-state index contributed by atoms with van der Waals surface area (Å²) < 4.78 is 5.14. The van der Waals surface area contributed by atoms with E-state index in [0.29, 0.717) is 11.6 Å². The highest BCUT2D eigenvalue weighted by Gasteiger charge is 2.21. The van der Waals surface area contributed by atoms with Gasteiger partial charge in [-0.15, -0.1) is 0 Å². The molecule has 3 rings (SSSR count). The lowest BCUT2D eigenvalue weighted by Crippen LogP contribution is -2.10. The summed E-state index contributed by atoms with van der Waals surface area (Å²) in [7, 11) is 0. The van der Waals surface area contributed by atoms with Crippen LogP contribution in [0.3, 0.4) is 0 Å². The Morgan fingerprint density at radius 3 is 2.00 bits per heavy atom. The Morgan fingerprint density at radius 1 is 0.778 bits per heavy atom. The first-order chi connectivity index (χ1) is 17.0. The summed E-state index contributed by atoms with van der Waals surface area (Å²) in [6.45, 7) is 0. The van der Waals surface area contributed by atoms with Crippen molar-refractivity contribution in [1.82, 2.24) is 0 Å². The van der Waals surface area contributed by atoms with Crippen LogP contribution >= 0.6 is 0 Å². The Morgan fingerprint density at radius 2 is 1.42 bits per heavy atom. The second-order valence-electron chi connectivity index (χ2n) is 6.80. The number of carbonyl (C=O) groups is 1. The van der Waals surface area contributed by atoms with Gasteiger partial charge in [-0.25, -0.2) is 4.79 Å². The number of nitrogens with zero attached hydrogens (tertiary/aromatic N) is 5. The van der Waals surface area contributed by atoms with Crippen molar-refractivity contribution < 1.29 is 29.2 Å². The normalized spacial score (nSPS) is 10.6. The van der Waals surface area contributed by atoms with E-state index in [4.69, 9.17) is 4.74 Å². The molecule has 0 bridgehead atoms. The van der Waals surface area contributed by atoms with Gasteiger partial charge in [0.15, 0.2) is 0 Å². The van der Waals surface area contributed by atoms with Crippen molar-refractivity contribution in [2.45, 2.75) is 0 Å². The van der Waals surface area contributed by atoms with Crippen LogP contribution in [0.1, 0.15) is 15.9 Å². The summed E-state index contributed by atoms with van der Waals surface area (Å²) in [6.07, 6.45) is 1.21. The van der Waals surface area contributed by atoms with Crippen molar-refractivity contribution in [2.24, 2.45) is 5.10 Å². The monoisotopic (exact) mass is 496 g/mol. The van der Waals surface area contributed by atoms with Gasteiger partial charge in [-0.1, -0.05) is 12.1 Å². The maximum Gasteiger partial charge on any atom is 0.344 e. The molecule has 16 nitrogen and oxygen atoms in total. The number of anilines is 1. The molecule has 0 radical (unpaired) electrons. The van der Waals surface area contributed by atoms with E-state index in [9.17, 15) is 45.3 Å². The van der Waals surface area contributed by atoms with Gasteiger partial charge in [0.05, 0.1) is 43.6 Å². The second-order valence-corrected chi connectivity index (χ2v) is 6.80. The van der Waals surface area contributed by atoms with E-state index in [1.165, 1.54) is 30.5 Å². The average molecular weight is 496 g/mol. The number of carbonyl (C=O) groups excluding carboxylic acids is 1. The molecule has 3 aromatic rings. The molecule has 0 aromatic heterocycles. The highest BCUT2D eigenvalue weighted by Crippen LogP contribution is 2.29. The summed E-state index contributed by atoms with van der Waals surface area (Å²) in [5, 5.41) is 47.8. The molecule has 0 spiro atoms. The maximum atomic E-state index is 12.4. The Labute approximate surface area is 199 Å². The van der Waals surface area contributed by atoms with Gasteiger partial charge < -0.3 is 4.74 Å². The van der Waals surface area contributed by atoms with Gasteiger partial charge in [0.2, 0.25) is 0 Å². The van der Waals surface area contributed by atoms with Crippen LogP contribution in [0.5, 0.6) is 5.75 Å². The standard InChI is InChI=1S/C20H12N6O10/c27-20(13-7-15(24(30)31)9-16(8-13)25(32)33)36-17-3-1-2-12(6-17)11-21-22-18-5-4-14(23(28)29)10-19(18)26(34)35/h1-11,22H/b21-11+. The molecular formula is C20H12N6O10. The number of benzene rings is 3. The van der Waals surface area contributed by atoms with Gasteiger partial charge in [0.25, 0.3) is 17.1 Å². The fourth-order valence-corrected chi connectivity index (χ4v) is 2.80. The predicted octanol–water partition coefficient (Wildman–Crippen LogP) is 3.98. The molecule has 0 heterocycles. The number of hydrazone groups is 1. The van der Waals surface area contributed by atoms with Crippen LogP contribution in [-0.2, 0) is 0 Å². The van der Waals surface area contributed by atoms with Crippen LogP contribution in [0.4, 0.5) is 28.4 Å². The summed E-state index contributed by atoms with van der Waals surface area (Å²) in [5.41, 5.74) is -0.154. The molecule has 0 amide bonds. The summed E-state index contributed by atoms with van der Waals surface area (Å²) in [6, 6.07) is 11.0. The van der Waals surface area contributed by atoms with Crippen LogP contribution < -0.4 is 10.2 Å².